The highest BCUT2D eigenvalue weighted by molar-refractivity contribution is 5.82. The van der Waals surface area contributed by atoms with Gasteiger partial charge >= 0.3 is 0 Å². The molecular weight excluding hydrogens is 274 g/mol. The summed E-state index contributed by atoms with van der Waals surface area (Å²) in [7, 11) is 0. The van der Waals surface area contributed by atoms with E-state index in [2.05, 4.69) is 30.9 Å². The van der Waals surface area contributed by atoms with Gasteiger partial charge in [-0.15, -0.1) is 10.2 Å². The van der Waals surface area contributed by atoms with Crippen molar-refractivity contribution < 1.29 is 4.92 Å². The lowest BCUT2D eigenvalue weighted by atomic mass is 10.2. The number of nitrogens with one attached hydrogen (secondary N) is 2. The Morgan fingerprint density at radius 3 is 2.90 bits per heavy atom. The number of non-ortho nitro benzene ring substituents is 1. The zero-order valence-electron chi connectivity index (χ0n) is 11.0. The largest absolute Gasteiger partial charge is 0.360 e. The SMILES string of the molecule is CC(Nc1ccc2cc([N+](=O)[O-])ccc2n1)c1nn[nH]n1. The predicted octanol–water partition coefficient (Wildman–Crippen LogP) is 1.83. The lowest BCUT2D eigenvalue weighted by molar-refractivity contribution is -0.384. The van der Waals surface area contributed by atoms with Crippen LogP contribution in [0, 0.1) is 10.1 Å². The molecule has 0 spiro atoms. The molecule has 0 fully saturated rings. The van der Waals surface area contributed by atoms with Gasteiger partial charge in [0, 0.05) is 17.5 Å². The first-order valence-corrected chi connectivity index (χ1v) is 6.18. The molecule has 0 bridgehead atoms. The molecule has 0 amide bonds. The number of pyridine rings is 1. The van der Waals surface area contributed by atoms with E-state index >= 15 is 0 Å². The van der Waals surface area contributed by atoms with E-state index in [9.17, 15) is 10.1 Å². The molecule has 2 N–H and O–H groups in total. The first kappa shape index (κ1) is 12.9. The Hall–Kier alpha value is -3.10. The minimum atomic E-state index is -0.427. The number of hydrogen-bond donors (Lipinski definition) is 2. The fourth-order valence-corrected chi connectivity index (χ4v) is 1.95. The van der Waals surface area contributed by atoms with Gasteiger partial charge < -0.3 is 5.32 Å². The van der Waals surface area contributed by atoms with Crippen LogP contribution in [0.4, 0.5) is 11.5 Å². The second-order valence-electron chi connectivity index (χ2n) is 4.47. The first-order chi connectivity index (χ1) is 10.1. The molecule has 3 aromatic rings. The lowest BCUT2D eigenvalue weighted by Gasteiger charge is -2.11. The zero-order valence-corrected chi connectivity index (χ0v) is 11.0. The van der Waals surface area contributed by atoms with Crippen molar-refractivity contribution in [1.82, 2.24) is 25.6 Å². The first-order valence-electron chi connectivity index (χ1n) is 6.18. The van der Waals surface area contributed by atoms with Gasteiger partial charge in [-0.2, -0.15) is 5.21 Å². The van der Waals surface area contributed by atoms with Crippen molar-refractivity contribution in [2.75, 3.05) is 5.32 Å². The highest BCUT2D eigenvalue weighted by Gasteiger charge is 2.11. The molecule has 1 aromatic carbocycles. The van der Waals surface area contributed by atoms with Crippen LogP contribution in [0.2, 0.25) is 0 Å². The molecule has 0 saturated heterocycles. The van der Waals surface area contributed by atoms with Crippen LogP contribution in [0.25, 0.3) is 10.9 Å². The van der Waals surface area contributed by atoms with Gasteiger partial charge in [-0.25, -0.2) is 4.98 Å². The molecule has 1 unspecified atom stereocenters. The number of nitro benzene ring substituents is 1. The van der Waals surface area contributed by atoms with Gasteiger partial charge in [-0.1, -0.05) is 5.21 Å². The van der Waals surface area contributed by atoms with Crippen molar-refractivity contribution in [2.24, 2.45) is 0 Å². The molecular formula is C12H11N7O2. The number of aromatic amines is 1. The maximum absolute atomic E-state index is 10.7. The molecule has 2 heterocycles. The van der Waals surface area contributed by atoms with E-state index < -0.39 is 4.92 Å². The minimum absolute atomic E-state index is 0.0465. The van der Waals surface area contributed by atoms with Crippen LogP contribution < -0.4 is 5.32 Å². The number of benzene rings is 1. The summed E-state index contributed by atoms with van der Waals surface area (Å²) in [6.07, 6.45) is 0. The summed E-state index contributed by atoms with van der Waals surface area (Å²) in [4.78, 5) is 14.7. The van der Waals surface area contributed by atoms with E-state index in [1.807, 2.05) is 6.92 Å². The molecule has 3 rings (SSSR count). The minimum Gasteiger partial charge on any atom is -0.360 e. The van der Waals surface area contributed by atoms with E-state index in [1.165, 1.54) is 12.1 Å². The van der Waals surface area contributed by atoms with Gasteiger partial charge in [0.25, 0.3) is 5.69 Å². The van der Waals surface area contributed by atoms with Gasteiger partial charge in [0.15, 0.2) is 5.82 Å². The van der Waals surface area contributed by atoms with Crippen LogP contribution in [0.3, 0.4) is 0 Å². The summed E-state index contributed by atoms with van der Waals surface area (Å²) in [6.45, 7) is 1.88. The third kappa shape index (κ3) is 2.61. The molecule has 1 atom stereocenters. The number of aromatic nitrogens is 5. The van der Waals surface area contributed by atoms with Gasteiger partial charge in [0.05, 0.1) is 16.5 Å². The Balaban J connectivity index is 1.87. The summed E-state index contributed by atoms with van der Waals surface area (Å²) in [6, 6.07) is 7.92. The highest BCUT2D eigenvalue weighted by atomic mass is 16.6. The molecule has 0 saturated carbocycles. The normalized spacial score (nSPS) is 12.2. The topological polar surface area (TPSA) is 123 Å². The van der Waals surface area contributed by atoms with Gasteiger partial charge in [-0.3, -0.25) is 10.1 Å². The summed E-state index contributed by atoms with van der Waals surface area (Å²) in [5.74, 6) is 1.16. The number of nitro groups is 1. The maximum atomic E-state index is 10.7. The number of rotatable bonds is 4. The summed E-state index contributed by atoms with van der Waals surface area (Å²) in [5.41, 5.74) is 0.719. The summed E-state index contributed by atoms with van der Waals surface area (Å²) >= 11 is 0. The number of tetrazole rings is 1. The highest BCUT2D eigenvalue weighted by Crippen LogP contribution is 2.22. The van der Waals surface area contributed by atoms with Crippen LogP contribution in [0.1, 0.15) is 18.8 Å². The number of fused-ring (bicyclic) bond motifs is 1. The third-order valence-corrected chi connectivity index (χ3v) is 3.00. The second-order valence-corrected chi connectivity index (χ2v) is 4.47. The standard InChI is InChI=1S/C12H11N7O2/c1-7(12-15-17-18-16-12)13-11-5-2-8-6-9(19(20)21)3-4-10(8)14-11/h2-7H,1H3,(H,13,14)(H,15,16,17,18). The average Bonchev–Trinajstić information content (AvgIpc) is 3.01. The Morgan fingerprint density at radius 1 is 1.33 bits per heavy atom. The Kier molecular flexibility index (Phi) is 3.14. The maximum Gasteiger partial charge on any atom is 0.270 e. The van der Waals surface area contributed by atoms with E-state index in [0.29, 0.717) is 22.5 Å². The molecule has 0 aliphatic carbocycles. The summed E-state index contributed by atoms with van der Waals surface area (Å²) in [5, 5.41) is 28.3. The summed E-state index contributed by atoms with van der Waals surface area (Å²) < 4.78 is 0. The third-order valence-electron chi connectivity index (χ3n) is 3.00. The Labute approximate surface area is 118 Å². The molecule has 21 heavy (non-hydrogen) atoms. The predicted molar refractivity (Wildman–Crippen MR) is 74.6 cm³/mol. The van der Waals surface area contributed by atoms with Crippen molar-refractivity contribution >= 4 is 22.4 Å². The molecule has 0 aliphatic heterocycles. The smallest absolute Gasteiger partial charge is 0.270 e. The van der Waals surface area contributed by atoms with E-state index in [-0.39, 0.29) is 11.7 Å². The quantitative estimate of drug-likeness (QED) is 0.553. The van der Waals surface area contributed by atoms with Crippen LogP contribution in [-0.4, -0.2) is 30.5 Å². The monoisotopic (exact) mass is 285 g/mol. The molecule has 0 aliphatic rings. The molecule has 9 nitrogen and oxygen atoms in total. The van der Waals surface area contributed by atoms with E-state index in [4.69, 9.17) is 0 Å². The number of nitrogens with zero attached hydrogens (tertiary/aromatic N) is 5. The van der Waals surface area contributed by atoms with Crippen molar-refractivity contribution in [3.05, 3.63) is 46.3 Å². The van der Waals surface area contributed by atoms with E-state index in [1.54, 1.807) is 18.2 Å². The van der Waals surface area contributed by atoms with Gasteiger partial charge in [0.1, 0.15) is 5.82 Å². The molecule has 0 radical (unpaired) electrons. The second kappa shape index (κ2) is 5.12. The Morgan fingerprint density at radius 2 is 2.19 bits per heavy atom. The van der Waals surface area contributed by atoms with Gasteiger partial charge in [-0.05, 0) is 25.1 Å². The number of anilines is 1. The fraction of sp³-hybridized carbons (Fsp3) is 0.167. The number of hydrogen-bond acceptors (Lipinski definition) is 7. The van der Waals surface area contributed by atoms with Crippen molar-refractivity contribution in [3.8, 4) is 0 Å². The van der Waals surface area contributed by atoms with Crippen LogP contribution in [0.15, 0.2) is 30.3 Å². The van der Waals surface area contributed by atoms with Crippen molar-refractivity contribution in [1.29, 1.82) is 0 Å². The van der Waals surface area contributed by atoms with Crippen LogP contribution >= 0.6 is 0 Å². The number of H-pyrrole nitrogens is 1. The van der Waals surface area contributed by atoms with Gasteiger partial charge in [0.2, 0.25) is 0 Å². The van der Waals surface area contributed by atoms with Crippen LogP contribution in [0.5, 0.6) is 0 Å². The molecule has 2 aromatic heterocycles. The molecule has 9 heteroatoms. The lowest BCUT2D eigenvalue weighted by Crippen LogP contribution is -2.09. The van der Waals surface area contributed by atoms with Crippen LogP contribution in [-0.2, 0) is 0 Å². The van der Waals surface area contributed by atoms with Crippen molar-refractivity contribution in [3.63, 3.8) is 0 Å². The average molecular weight is 285 g/mol. The zero-order chi connectivity index (χ0) is 14.8. The van der Waals surface area contributed by atoms with Crippen molar-refractivity contribution in [2.45, 2.75) is 13.0 Å². The van der Waals surface area contributed by atoms with E-state index in [0.717, 1.165) is 0 Å². The molecule has 106 valence electrons. The fourth-order valence-electron chi connectivity index (χ4n) is 1.95. The Bertz CT molecular complexity index is 787.